The molecule has 166 valence electrons. The molecular formula is C22H22ClFN6O2. The van der Waals surface area contributed by atoms with E-state index in [1.54, 1.807) is 25.4 Å². The minimum atomic E-state index is -0.296. The second-order valence-electron chi connectivity index (χ2n) is 7.55. The van der Waals surface area contributed by atoms with Crippen molar-refractivity contribution in [1.82, 2.24) is 24.3 Å². The van der Waals surface area contributed by atoms with Gasteiger partial charge in [0.2, 0.25) is 11.8 Å². The fourth-order valence-electron chi connectivity index (χ4n) is 3.97. The molecule has 1 aliphatic rings. The van der Waals surface area contributed by atoms with Crippen LogP contribution >= 0.6 is 11.6 Å². The molecule has 0 spiro atoms. The van der Waals surface area contributed by atoms with Gasteiger partial charge in [-0.15, -0.1) is 10.2 Å². The largest absolute Gasteiger partial charge is 0.481 e. The molecule has 5 rings (SSSR count). The molecular weight excluding hydrogens is 435 g/mol. The van der Waals surface area contributed by atoms with Crippen molar-refractivity contribution in [3.05, 3.63) is 59.4 Å². The molecule has 1 fully saturated rings. The second-order valence-corrected chi connectivity index (χ2v) is 7.96. The maximum atomic E-state index is 13.6. The normalized spacial score (nSPS) is 14.2. The standard InChI is InChI=1S/C22H22ClFN6O2/c1-3-32-13-20-26-27-22(30(20)15-5-7-21(31-2)25-9-15)28-10-16(11-28)29-12-18(23)17-8-14(24)4-6-19(17)29/h4-9,12,16H,3,10-11,13H2,1-2H3. The van der Waals surface area contributed by atoms with Crippen molar-refractivity contribution in [3.8, 4) is 11.6 Å². The molecule has 4 heterocycles. The van der Waals surface area contributed by atoms with E-state index in [1.165, 1.54) is 12.1 Å². The molecule has 1 aliphatic heterocycles. The molecule has 0 atom stereocenters. The number of methoxy groups -OCH3 is 1. The van der Waals surface area contributed by atoms with Crippen molar-refractivity contribution >= 4 is 28.5 Å². The molecule has 4 aromatic rings. The quantitative estimate of drug-likeness (QED) is 0.418. The van der Waals surface area contributed by atoms with Crippen molar-refractivity contribution in [2.45, 2.75) is 19.6 Å². The number of nitrogens with zero attached hydrogens (tertiary/aromatic N) is 6. The highest BCUT2D eigenvalue weighted by Gasteiger charge is 2.33. The van der Waals surface area contributed by atoms with E-state index in [2.05, 4.69) is 24.6 Å². The molecule has 0 saturated carbocycles. The molecule has 0 N–H and O–H groups in total. The van der Waals surface area contributed by atoms with Crippen LogP contribution in [0.3, 0.4) is 0 Å². The molecule has 0 aliphatic carbocycles. The molecule has 0 amide bonds. The highest BCUT2D eigenvalue weighted by molar-refractivity contribution is 6.35. The van der Waals surface area contributed by atoms with Crippen LogP contribution in [0.5, 0.6) is 5.88 Å². The molecule has 0 unspecified atom stereocenters. The Morgan fingerprint density at radius 1 is 1.19 bits per heavy atom. The van der Waals surface area contributed by atoms with Crippen LogP contribution in [0.15, 0.2) is 42.7 Å². The van der Waals surface area contributed by atoms with E-state index in [0.717, 1.165) is 22.5 Å². The van der Waals surface area contributed by atoms with Gasteiger partial charge in [-0.2, -0.15) is 0 Å². The summed E-state index contributed by atoms with van der Waals surface area (Å²) in [7, 11) is 1.58. The minimum Gasteiger partial charge on any atom is -0.481 e. The molecule has 1 saturated heterocycles. The number of halogens is 2. The van der Waals surface area contributed by atoms with Gasteiger partial charge in [-0.3, -0.25) is 4.57 Å². The fraction of sp³-hybridized carbons (Fsp3) is 0.318. The number of rotatable bonds is 7. The zero-order chi connectivity index (χ0) is 22.2. The van der Waals surface area contributed by atoms with Gasteiger partial charge in [0, 0.05) is 37.3 Å². The van der Waals surface area contributed by atoms with Crippen LogP contribution in [0, 0.1) is 5.82 Å². The maximum Gasteiger partial charge on any atom is 0.232 e. The number of hydrogen-bond donors (Lipinski definition) is 0. The zero-order valence-corrected chi connectivity index (χ0v) is 18.5. The molecule has 8 nitrogen and oxygen atoms in total. The Bertz CT molecular complexity index is 1250. The van der Waals surface area contributed by atoms with Gasteiger partial charge in [0.05, 0.1) is 35.6 Å². The van der Waals surface area contributed by atoms with Crippen LogP contribution in [-0.4, -0.2) is 51.1 Å². The topological polar surface area (TPSA) is 70.2 Å². The van der Waals surface area contributed by atoms with Crippen LogP contribution in [-0.2, 0) is 11.3 Å². The first-order valence-corrected chi connectivity index (χ1v) is 10.7. The summed E-state index contributed by atoms with van der Waals surface area (Å²) in [6.07, 6.45) is 3.60. The number of anilines is 1. The van der Waals surface area contributed by atoms with Crippen LogP contribution in [0.4, 0.5) is 10.3 Å². The summed E-state index contributed by atoms with van der Waals surface area (Å²) >= 11 is 6.35. The predicted octanol–water partition coefficient (Wildman–Crippen LogP) is 4.02. The van der Waals surface area contributed by atoms with E-state index >= 15 is 0 Å². The molecule has 1 aromatic carbocycles. The van der Waals surface area contributed by atoms with Gasteiger partial charge in [0.25, 0.3) is 0 Å². The van der Waals surface area contributed by atoms with Crippen LogP contribution in [0.1, 0.15) is 18.8 Å². The number of benzene rings is 1. The number of hydrogen-bond acceptors (Lipinski definition) is 6. The van der Waals surface area contributed by atoms with Gasteiger partial charge in [-0.1, -0.05) is 11.6 Å². The maximum absolute atomic E-state index is 13.6. The molecule has 0 bridgehead atoms. The third-order valence-electron chi connectivity index (χ3n) is 5.62. The van der Waals surface area contributed by atoms with E-state index < -0.39 is 0 Å². The highest BCUT2D eigenvalue weighted by atomic mass is 35.5. The van der Waals surface area contributed by atoms with Gasteiger partial charge in [-0.25, -0.2) is 9.37 Å². The van der Waals surface area contributed by atoms with Crippen LogP contribution in [0.25, 0.3) is 16.6 Å². The fourth-order valence-corrected chi connectivity index (χ4v) is 4.23. The summed E-state index contributed by atoms with van der Waals surface area (Å²) in [6.45, 7) is 4.30. The number of ether oxygens (including phenoxy) is 2. The number of fused-ring (bicyclic) bond motifs is 1. The lowest BCUT2D eigenvalue weighted by Gasteiger charge is -2.40. The smallest absolute Gasteiger partial charge is 0.232 e. The Morgan fingerprint density at radius 3 is 2.75 bits per heavy atom. The van der Waals surface area contributed by atoms with Crippen molar-refractivity contribution in [2.75, 3.05) is 31.7 Å². The van der Waals surface area contributed by atoms with Gasteiger partial charge in [0.1, 0.15) is 12.4 Å². The van der Waals surface area contributed by atoms with Crippen molar-refractivity contribution in [3.63, 3.8) is 0 Å². The monoisotopic (exact) mass is 456 g/mol. The van der Waals surface area contributed by atoms with Gasteiger partial charge < -0.3 is 18.9 Å². The SMILES string of the molecule is CCOCc1nnc(N2CC(n3cc(Cl)c4cc(F)ccc43)C2)n1-c1ccc(OC)nc1. The minimum absolute atomic E-state index is 0.185. The van der Waals surface area contributed by atoms with Crippen LogP contribution in [0.2, 0.25) is 5.02 Å². The van der Waals surface area contributed by atoms with E-state index in [4.69, 9.17) is 21.1 Å². The van der Waals surface area contributed by atoms with E-state index in [-0.39, 0.29) is 11.9 Å². The highest BCUT2D eigenvalue weighted by Crippen LogP contribution is 2.35. The van der Waals surface area contributed by atoms with Crippen molar-refractivity contribution in [1.29, 1.82) is 0 Å². The summed E-state index contributed by atoms with van der Waals surface area (Å²) in [5.41, 5.74) is 1.74. The lowest BCUT2D eigenvalue weighted by molar-refractivity contribution is 0.127. The second kappa shape index (κ2) is 8.40. The number of pyridine rings is 1. The number of aromatic nitrogens is 5. The zero-order valence-electron chi connectivity index (χ0n) is 17.7. The van der Waals surface area contributed by atoms with Crippen molar-refractivity contribution in [2.24, 2.45) is 0 Å². The first-order chi connectivity index (χ1) is 15.6. The Balaban J connectivity index is 1.43. The van der Waals surface area contributed by atoms with Crippen molar-refractivity contribution < 1.29 is 13.9 Å². The average Bonchev–Trinajstić information content (AvgIpc) is 3.32. The lowest BCUT2D eigenvalue weighted by Crippen LogP contribution is -2.48. The Hall–Kier alpha value is -3.17. The molecule has 10 heteroatoms. The average molecular weight is 457 g/mol. The van der Waals surface area contributed by atoms with E-state index in [1.807, 2.05) is 23.8 Å². The third kappa shape index (κ3) is 3.57. The van der Waals surface area contributed by atoms with Gasteiger partial charge in [0.15, 0.2) is 5.82 Å². The Kier molecular flexibility index (Phi) is 5.44. The lowest BCUT2D eigenvalue weighted by atomic mass is 10.1. The summed E-state index contributed by atoms with van der Waals surface area (Å²) in [4.78, 5) is 6.46. The Morgan fingerprint density at radius 2 is 2.03 bits per heavy atom. The summed E-state index contributed by atoms with van der Waals surface area (Å²) in [6, 6.07) is 8.60. The first kappa shape index (κ1) is 20.7. The van der Waals surface area contributed by atoms with E-state index in [9.17, 15) is 4.39 Å². The van der Waals surface area contributed by atoms with E-state index in [0.29, 0.717) is 43.0 Å². The predicted molar refractivity (Wildman–Crippen MR) is 119 cm³/mol. The Labute approximate surface area is 189 Å². The van der Waals surface area contributed by atoms with Crippen LogP contribution < -0.4 is 9.64 Å². The van der Waals surface area contributed by atoms with Gasteiger partial charge in [-0.05, 0) is 31.2 Å². The molecule has 32 heavy (non-hydrogen) atoms. The third-order valence-corrected chi connectivity index (χ3v) is 5.92. The summed E-state index contributed by atoms with van der Waals surface area (Å²) in [5.74, 6) is 1.65. The summed E-state index contributed by atoms with van der Waals surface area (Å²) in [5, 5.41) is 10.1. The molecule has 3 aromatic heterocycles. The first-order valence-electron chi connectivity index (χ1n) is 10.3. The summed E-state index contributed by atoms with van der Waals surface area (Å²) < 4.78 is 28.4. The molecule has 0 radical (unpaired) electrons. The van der Waals surface area contributed by atoms with Gasteiger partial charge >= 0.3 is 0 Å².